The van der Waals surface area contributed by atoms with E-state index in [9.17, 15) is 28.8 Å². The first kappa shape index (κ1) is 95.7. The van der Waals surface area contributed by atoms with Crippen molar-refractivity contribution < 1.29 is 85.6 Å². The number of rotatable bonds is 54. The molecule has 120 heavy (non-hydrogen) atoms. The maximum Gasteiger partial charge on any atom is 0.347 e. The van der Waals surface area contributed by atoms with Gasteiger partial charge in [0.2, 0.25) is 0 Å². The van der Waals surface area contributed by atoms with Gasteiger partial charge in [0, 0.05) is 0 Å². The third-order valence-electron chi connectivity index (χ3n) is 19.4. The highest BCUT2D eigenvalue weighted by molar-refractivity contribution is 5.98. The van der Waals surface area contributed by atoms with Crippen molar-refractivity contribution in [1.82, 2.24) is 0 Å². The van der Waals surface area contributed by atoms with Gasteiger partial charge < -0.3 is 56.8 Å². The van der Waals surface area contributed by atoms with Crippen molar-refractivity contribution >= 4 is 35.8 Å². The molecule has 0 aliphatic carbocycles. The fraction of sp³-hybridized carbons (Fsp3) is 0.412. The Morgan fingerprint density at radius 2 is 0.275 bits per heavy atom. The molecule has 0 atom stereocenters. The molecule has 0 spiro atoms. The molecule has 0 aliphatic heterocycles. The second-order valence-corrected chi connectivity index (χ2v) is 29.2. The third kappa shape index (κ3) is 35.3. The number of ether oxygens (including phenoxy) is 12. The lowest BCUT2D eigenvalue weighted by atomic mass is 10.1. The summed E-state index contributed by atoms with van der Waals surface area (Å²) in [6.07, 6.45) is 33.5. The van der Waals surface area contributed by atoms with E-state index in [4.69, 9.17) is 56.8 Å². The summed E-state index contributed by atoms with van der Waals surface area (Å²) in [4.78, 5) is 78.7. The van der Waals surface area contributed by atoms with Crippen LogP contribution in [-0.2, 0) is 0 Å². The molecule has 0 aromatic heterocycles. The first-order valence-corrected chi connectivity index (χ1v) is 43.8. The number of hydrogen-bond donors (Lipinski definition) is 0. The molecule has 642 valence electrons. The van der Waals surface area contributed by atoms with Crippen LogP contribution < -0.4 is 56.8 Å². The van der Waals surface area contributed by atoms with Crippen molar-refractivity contribution in [2.75, 3.05) is 39.6 Å². The molecule has 9 aromatic carbocycles. The van der Waals surface area contributed by atoms with Crippen molar-refractivity contribution in [2.45, 2.75) is 234 Å². The van der Waals surface area contributed by atoms with Crippen LogP contribution in [-0.4, -0.2) is 75.5 Å². The van der Waals surface area contributed by atoms with Crippen LogP contribution in [0.1, 0.15) is 296 Å². The van der Waals surface area contributed by atoms with Crippen molar-refractivity contribution in [3.63, 3.8) is 0 Å². The Hall–Kier alpha value is -11.4. The molecule has 9 aromatic rings. The molecule has 9 rings (SSSR count). The SMILES string of the molecule is CCCCCCCOc1ccccc1C(=O)Oc1ccccc1OC(=O)c1ccccc1OCCCCCCC.CCCCCCCOc1ccccc1C(=O)Oc1ccccc1OC(=O)c1ccccc1OCCCCCCC.CCCCCCCOc1ccccc1C(=O)Oc1ccccc1OC(=O)c1ccccc1OCCCCCCC. The smallest absolute Gasteiger partial charge is 0.347 e. The van der Waals surface area contributed by atoms with E-state index in [-0.39, 0.29) is 34.5 Å². The van der Waals surface area contributed by atoms with E-state index >= 15 is 0 Å². The molecule has 0 heterocycles. The zero-order valence-corrected chi connectivity index (χ0v) is 71.6. The Morgan fingerprint density at radius 3 is 0.408 bits per heavy atom. The first-order valence-electron chi connectivity index (χ1n) is 43.8. The summed E-state index contributed by atoms with van der Waals surface area (Å²) in [7, 11) is 0. The van der Waals surface area contributed by atoms with Gasteiger partial charge in [-0.2, -0.15) is 0 Å². The molecule has 0 unspecified atom stereocenters. The Bertz CT molecular complexity index is 3730. The number of carbonyl (C=O) groups excluding carboxylic acids is 6. The molecule has 0 amide bonds. The lowest BCUT2D eigenvalue weighted by Crippen LogP contribution is -2.14. The van der Waals surface area contributed by atoms with Crippen LogP contribution in [0.15, 0.2) is 218 Å². The molecular formula is C102H126O18. The van der Waals surface area contributed by atoms with Gasteiger partial charge in [-0.15, -0.1) is 0 Å². The van der Waals surface area contributed by atoms with Gasteiger partial charge in [0.25, 0.3) is 0 Å². The molecule has 0 saturated heterocycles. The first-order chi connectivity index (χ1) is 58.9. The third-order valence-corrected chi connectivity index (χ3v) is 19.4. The van der Waals surface area contributed by atoms with Crippen LogP contribution in [0, 0.1) is 0 Å². The zero-order valence-electron chi connectivity index (χ0n) is 71.6. The topological polar surface area (TPSA) is 213 Å². The summed E-state index contributed by atoms with van der Waals surface area (Å²) in [6, 6.07) is 61.9. The van der Waals surface area contributed by atoms with Gasteiger partial charge in [-0.25, -0.2) is 28.8 Å². The Balaban J connectivity index is 0.000000248. The average Bonchev–Trinajstić information content (AvgIpc) is 0.831. The minimum absolute atomic E-state index is 0.143. The summed E-state index contributed by atoms with van der Waals surface area (Å²) in [5.74, 6) is 0.165. The quantitative estimate of drug-likeness (QED) is 0.0197. The van der Waals surface area contributed by atoms with Crippen LogP contribution in [0.4, 0.5) is 0 Å². The number of unbranched alkanes of at least 4 members (excludes halogenated alkanes) is 24. The van der Waals surface area contributed by atoms with E-state index in [1.807, 2.05) is 36.4 Å². The van der Waals surface area contributed by atoms with Gasteiger partial charge in [0.1, 0.15) is 67.9 Å². The van der Waals surface area contributed by atoms with Crippen LogP contribution in [0.25, 0.3) is 0 Å². The molecule has 0 saturated carbocycles. The summed E-state index contributed by atoms with van der Waals surface area (Å²) in [6.45, 7) is 16.3. The molecule has 0 aliphatic rings. The minimum Gasteiger partial charge on any atom is -0.493 e. The molecule has 0 fully saturated rings. The Labute approximate surface area is 712 Å². The summed E-state index contributed by atoms with van der Waals surface area (Å²) in [5, 5.41) is 0. The summed E-state index contributed by atoms with van der Waals surface area (Å²) in [5.41, 5.74) is 1.89. The van der Waals surface area contributed by atoms with Crippen LogP contribution in [0.3, 0.4) is 0 Å². The Morgan fingerprint density at radius 1 is 0.158 bits per heavy atom. The van der Waals surface area contributed by atoms with Crippen molar-refractivity contribution in [3.05, 3.63) is 252 Å². The standard InChI is InChI=1S/3C34H42O6/c3*1-3-5-7-9-17-25-37-29-21-13-11-19-27(29)33(35)39-31-23-15-16-24-32(31)40-34(36)28-20-12-14-22-30(28)38-26-18-10-8-6-4-2/h3*11-16,19-24H,3-10,17-18,25-26H2,1-2H3. The normalized spacial score (nSPS) is 10.7. The van der Waals surface area contributed by atoms with E-state index in [1.54, 1.807) is 182 Å². The fourth-order valence-electron chi connectivity index (χ4n) is 12.7. The largest absolute Gasteiger partial charge is 0.493 e. The van der Waals surface area contributed by atoms with Gasteiger partial charge >= 0.3 is 35.8 Å². The van der Waals surface area contributed by atoms with Gasteiger partial charge in [0.05, 0.1) is 39.6 Å². The van der Waals surface area contributed by atoms with Crippen LogP contribution >= 0.6 is 0 Å². The lowest BCUT2D eigenvalue weighted by molar-refractivity contribution is 0.0677. The van der Waals surface area contributed by atoms with Gasteiger partial charge in [0.15, 0.2) is 34.5 Å². The van der Waals surface area contributed by atoms with E-state index in [0.29, 0.717) is 108 Å². The average molecular weight is 1640 g/mol. The molecule has 0 N–H and O–H groups in total. The highest BCUT2D eigenvalue weighted by atomic mass is 16.6. The maximum absolute atomic E-state index is 13.1. The minimum atomic E-state index is -0.586. The molecular weight excluding hydrogens is 1510 g/mol. The van der Waals surface area contributed by atoms with E-state index in [2.05, 4.69) is 41.5 Å². The Kier molecular flexibility index (Phi) is 46.7. The molecule has 0 radical (unpaired) electrons. The van der Waals surface area contributed by atoms with E-state index in [0.717, 1.165) is 77.0 Å². The van der Waals surface area contributed by atoms with Gasteiger partial charge in [-0.05, 0) is 148 Å². The number of carbonyl (C=O) groups is 6. The predicted octanol–water partition coefficient (Wildman–Crippen LogP) is 26.5. The van der Waals surface area contributed by atoms with Crippen LogP contribution in [0.2, 0.25) is 0 Å². The summed E-state index contributed by atoms with van der Waals surface area (Å²) < 4.78 is 69.5. The zero-order chi connectivity index (χ0) is 85.3. The highest BCUT2D eigenvalue weighted by Crippen LogP contribution is 2.36. The maximum atomic E-state index is 13.1. The van der Waals surface area contributed by atoms with Crippen molar-refractivity contribution in [1.29, 1.82) is 0 Å². The predicted molar refractivity (Wildman–Crippen MR) is 473 cm³/mol. The van der Waals surface area contributed by atoms with Crippen molar-refractivity contribution in [3.8, 4) is 69.0 Å². The molecule has 0 bridgehead atoms. The number of benzene rings is 9. The number of para-hydroxylation sites is 12. The second kappa shape index (κ2) is 58.5. The summed E-state index contributed by atoms with van der Waals surface area (Å²) >= 11 is 0. The number of hydrogen-bond acceptors (Lipinski definition) is 18. The molecule has 18 heteroatoms. The van der Waals surface area contributed by atoms with E-state index in [1.165, 1.54) is 116 Å². The van der Waals surface area contributed by atoms with Gasteiger partial charge in [-0.3, -0.25) is 0 Å². The van der Waals surface area contributed by atoms with Crippen molar-refractivity contribution in [2.24, 2.45) is 0 Å². The molecule has 18 nitrogen and oxygen atoms in total. The second-order valence-electron chi connectivity index (χ2n) is 29.2. The van der Waals surface area contributed by atoms with Crippen LogP contribution in [0.5, 0.6) is 69.0 Å². The van der Waals surface area contributed by atoms with E-state index < -0.39 is 35.8 Å². The number of esters is 6. The van der Waals surface area contributed by atoms with Gasteiger partial charge in [-0.1, -0.05) is 305 Å². The fourth-order valence-corrected chi connectivity index (χ4v) is 12.7. The highest BCUT2D eigenvalue weighted by Gasteiger charge is 2.25. The lowest BCUT2D eigenvalue weighted by Gasteiger charge is -2.14. The monoisotopic (exact) mass is 1640 g/mol.